The molecule has 5 aromatic carbocycles. The molecule has 0 aliphatic rings. The molecular weight excluding hydrogens is 839 g/mol. The zero-order valence-electron chi connectivity index (χ0n) is 36.1. The summed E-state index contributed by atoms with van der Waals surface area (Å²) in [6, 6.07) is 31.5. The topological polar surface area (TPSA) is 136 Å². The minimum absolute atomic E-state index is 0.0568. The summed E-state index contributed by atoms with van der Waals surface area (Å²) < 4.78 is 22.8. The predicted molar refractivity (Wildman–Crippen MR) is 254 cm³/mol. The van der Waals surface area contributed by atoms with E-state index < -0.39 is 17.7 Å². The number of alkyl carbamates (subject to hydrolysis) is 1. The van der Waals surface area contributed by atoms with Crippen LogP contribution in [0.1, 0.15) is 39.2 Å². The molecule has 12 nitrogen and oxygen atoms in total. The fourth-order valence-electron chi connectivity index (χ4n) is 7.44. The number of halogens is 2. The molecule has 2 aromatic heterocycles. The first kappa shape index (κ1) is 45.0. The van der Waals surface area contributed by atoms with Crippen LogP contribution in [-0.4, -0.2) is 85.5 Å². The molecule has 328 valence electrons. The van der Waals surface area contributed by atoms with Crippen molar-refractivity contribution in [3.8, 4) is 11.5 Å². The lowest BCUT2D eigenvalue weighted by Gasteiger charge is -2.29. The fourth-order valence-corrected chi connectivity index (χ4v) is 7.77. The zero-order valence-corrected chi connectivity index (χ0v) is 37.6. The Kier molecular flexibility index (Phi) is 14.6. The SMILES string of the molecule is COc1ccc2nc3cc(Cl)ccc3c(NCCCN(CCCNc3c4ccc(Cl)cc4nc4ccc(OC)cc34)C(=O)[C@H](COCc3ccccc3)NC(=O)OC(C)(C)C)c2c1. The Morgan fingerprint density at radius 1 is 0.667 bits per heavy atom. The number of fused-ring (bicyclic) bond motifs is 4. The highest BCUT2D eigenvalue weighted by Gasteiger charge is 2.28. The number of hydrogen-bond donors (Lipinski definition) is 3. The third kappa shape index (κ3) is 11.5. The van der Waals surface area contributed by atoms with Gasteiger partial charge >= 0.3 is 6.09 Å². The van der Waals surface area contributed by atoms with E-state index in [0.29, 0.717) is 60.6 Å². The molecule has 2 heterocycles. The van der Waals surface area contributed by atoms with Crippen molar-refractivity contribution in [3.63, 3.8) is 0 Å². The Bertz CT molecular complexity index is 2590. The summed E-state index contributed by atoms with van der Waals surface area (Å²) in [5, 5.41) is 14.9. The summed E-state index contributed by atoms with van der Waals surface area (Å²) in [6.45, 7) is 7.34. The Balaban J connectivity index is 1.13. The third-order valence-corrected chi connectivity index (χ3v) is 10.9. The zero-order chi connectivity index (χ0) is 44.5. The molecule has 7 rings (SSSR count). The molecule has 0 aliphatic heterocycles. The first-order valence-corrected chi connectivity index (χ1v) is 21.7. The highest BCUT2D eigenvalue weighted by molar-refractivity contribution is 6.32. The van der Waals surface area contributed by atoms with Crippen LogP contribution in [0.15, 0.2) is 103 Å². The molecule has 0 spiro atoms. The quantitative estimate of drug-likeness (QED) is 0.0564. The number of ether oxygens (including phenoxy) is 4. The molecule has 7 aromatic rings. The van der Waals surface area contributed by atoms with E-state index in [1.54, 1.807) is 39.9 Å². The van der Waals surface area contributed by atoms with E-state index in [1.165, 1.54) is 0 Å². The van der Waals surface area contributed by atoms with Gasteiger partial charge in [-0.2, -0.15) is 0 Å². The number of methoxy groups -OCH3 is 2. The van der Waals surface area contributed by atoms with Crippen LogP contribution < -0.4 is 25.4 Å². The minimum Gasteiger partial charge on any atom is -0.497 e. The van der Waals surface area contributed by atoms with Gasteiger partial charge in [0.05, 0.1) is 60.9 Å². The molecule has 0 bridgehead atoms. The van der Waals surface area contributed by atoms with Crippen LogP contribution in [0.2, 0.25) is 10.0 Å². The van der Waals surface area contributed by atoms with Crippen LogP contribution in [0.25, 0.3) is 43.6 Å². The molecule has 0 fully saturated rings. The number of amides is 2. The Morgan fingerprint density at radius 3 is 1.68 bits per heavy atom. The van der Waals surface area contributed by atoms with Crippen LogP contribution in [0.4, 0.5) is 16.2 Å². The molecule has 2 amide bonds. The average molecular weight is 892 g/mol. The molecule has 3 N–H and O–H groups in total. The van der Waals surface area contributed by atoms with Crippen LogP contribution in [0, 0.1) is 0 Å². The highest BCUT2D eigenvalue weighted by atomic mass is 35.5. The van der Waals surface area contributed by atoms with Crippen LogP contribution >= 0.6 is 23.2 Å². The van der Waals surface area contributed by atoms with E-state index in [-0.39, 0.29) is 19.1 Å². The summed E-state index contributed by atoms with van der Waals surface area (Å²) in [5.41, 5.74) is 5.06. The number of anilines is 2. The third-order valence-electron chi connectivity index (χ3n) is 10.4. The number of nitrogens with one attached hydrogen (secondary N) is 3. The van der Waals surface area contributed by atoms with Gasteiger partial charge in [-0.1, -0.05) is 53.5 Å². The number of rotatable bonds is 18. The van der Waals surface area contributed by atoms with Crippen molar-refractivity contribution in [1.29, 1.82) is 0 Å². The van der Waals surface area contributed by atoms with E-state index >= 15 is 0 Å². The van der Waals surface area contributed by atoms with Crippen molar-refractivity contribution in [2.75, 3.05) is 57.6 Å². The summed E-state index contributed by atoms with van der Waals surface area (Å²) in [7, 11) is 3.27. The molecule has 1 atom stereocenters. The molecule has 0 saturated carbocycles. The van der Waals surface area contributed by atoms with Crippen LogP contribution in [0.5, 0.6) is 11.5 Å². The second kappa shape index (κ2) is 20.4. The predicted octanol–water partition coefficient (Wildman–Crippen LogP) is 10.7. The van der Waals surface area contributed by atoms with E-state index in [2.05, 4.69) is 16.0 Å². The van der Waals surface area contributed by atoms with Gasteiger partial charge in [0.2, 0.25) is 5.91 Å². The van der Waals surface area contributed by atoms with Crippen molar-refractivity contribution < 1.29 is 28.5 Å². The molecule has 0 unspecified atom stereocenters. The maximum Gasteiger partial charge on any atom is 0.408 e. The van der Waals surface area contributed by atoms with Crippen molar-refractivity contribution >= 4 is 90.2 Å². The van der Waals surface area contributed by atoms with Gasteiger partial charge in [0.25, 0.3) is 0 Å². The largest absolute Gasteiger partial charge is 0.497 e. The summed E-state index contributed by atoms with van der Waals surface area (Å²) in [4.78, 5) is 39.4. The smallest absolute Gasteiger partial charge is 0.408 e. The highest BCUT2D eigenvalue weighted by Crippen LogP contribution is 2.36. The van der Waals surface area contributed by atoms with Gasteiger partial charge in [-0.05, 0) is 112 Å². The maximum atomic E-state index is 14.7. The van der Waals surface area contributed by atoms with Gasteiger partial charge in [0.1, 0.15) is 23.1 Å². The Hall–Kier alpha value is -6.08. The number of nitrogens with zero attached hydrogens (tertiary/aromatic N) is 3. The minimum atomic E-state index is -1.01. The van der Waals surface area contributed by atoms with E-state index in [9.17, 15) is 9.59 Å². The van der Waals surface area contributed by atoms with Gasteiger partial charge in [-0.25, -0.2) is 14.8 Å². The lowest BCUT2D eigenvalue weighted by molar-refractivity contribution is -0.135. The molecule has 0 aliphatic carbocycles. The van der Waals surface area contributed by atoms with E-state index in [1.807, 2.05) is 103 Å². The molecule has 0 saturated heterocycles. The van der Waals surface area contributed by atoms with Crippen LogP contribution in [-0.2, 0) is 20.9 Å². The second-order valence-electron chi connectivity index (χ2n) is 16.1. The lowest BCUT2D eigenvalue weighted by atomic mass is 10.1. The average Bonchev–Trinajstić information content (AvgIpc) is 3.26. The Labute approximate surface area is 377 Å². The first-order chi connectivity index (χ1) is 30.4. The summed E-state index contributed by atoms with van der Waals surface area (Å²) in [5.74, 6) is 1.13. The standard InChI is InChI=1S/C49H52Cl2N6O6/c1-49(2,3)63-48(59)56-44(30-62-29-31-11-7-6-8-12-31)47(58)57(23-9-21-52-45-36-17-13-32(50)25-42(36)54-40-19-15-34(60-4)27-38(40)45)24-10-22-53-46-37-18-14-33(51)26-43(37)55-41-20-16-35(61-5)28-39(41)46/h6-8,11-20,25-28,44H,9-10,21-24,29-30H2,1-5H3,(H,52,54)(H,53,55)(H,56,59)/t44-/m0/s1. The molecular formula is C49H52Cl2N6O6. The molecule has 14 heteroatoms. The van der Waals surface area contributed by atoms with Gasteiger partial charge in [0, 0.05) is 57.8 Å². The number of benzene rings is 5. The molecule has 0 radical (unpaired) electrons. The van der Waals surface area contributed by atoms with Gasteiger partial charge in [-0.3, -0.25) is 4.79 Å². The normalized spacial score (nSPS) is 12.0. The van der Waals surface area contributed by atoms with Crippen LogP contribution in [0.3, 0.4) is 0 Å². The monoisotopic (exact) mass is 890 g/mol. The Morgan fingerprint density at radius 2 is 1.19 bits per heavy atom. The lowest BCUT2D eigenvalue weighted by Crippen LogP contribution is -2.52. The summed E-state index contributed by atoms with van der Waals surface area (Å²) >= 11 is 12.8. The van der Waals surface area contributed by atoms with Crippen molar-refractivity contribution in [1.82, 2.24) is 20.2 Å². The fraction of sp³-hybridized carbons (Fsp3) is 0.306. The van der Waals surface area contributed by atoms with Gasteiger partial charge < -0.3 is 39.8 Å². The number of carbonyl (C=O) groups excluding carboxylic acids is 2. The number of carbonyl (C=O) groups is 2. The first-order valence-electron chi connectivity index (χ1n) is 20.9. The van der Waals surface area contributed by atoms with E-state index in [4.69, 9.17) is 52.1 Å². The number of aromatic nitrogens is 2. The maximum absolute atomic E-state index is 14.7. The van der Waals surface area contributed by atoms with Crippen molar-refractivity contribution in [2.45, 2.75) is 51.9 Å². The van der Waals surface area contributed by atoms with Gasteiger partial charge in [-0.15, -0.1) is 0 Å². The van der Waals surface area contributed by atoms with Crippen molar-refractivity contribution in [3.05, 3.63) is 119 Å². The van der Waals surface area contributed by atoms with E-state index in [0.717, 1.165) is 60.5 Å². The summed E-state index contributed by atoms with van der Waals surface area (Å²) in [6.07, 6.45) is 0.449. The number of hydrogen-bond acceptors (Lipinski definition) is 10. The van der Waals surface area contributed by atoms with Crippen molar-refractivity contribution in [2.24, 2.45) is 0 Å². The number of pyridine rings is 2. The van der Waals surface area contributed by atoms with Gasteiger partial charge in [0.15, 0.2) is 0 Å². The molecule has 63 heavy (non-hydrogen) atoms. The second-order valence-corrected chi connectivity index (χ2v) is 17.0.